The zero-order valence-electron chi connectivity index (χ0n) is 41.2. The summed E-state index contributed by atoms with van der Waals surface area (Å²) in [5.74, 6) is 6.17. The van der Waals surface area contributed by atoms with Gasteiger partial charge in [-0.25, -0.2) is 30.0 Å². The lowest BCUT2D eigenvalue weighted by Crippen LogP contribution is -2.41. The van der Waals surface area contributed by atoms with Gasteiger partial charge in [0.25, 0.3) is 0 Å². The highest BCUT2D eigenvalue weighted by Crippen LogP contribution is 2.41. The van der Waals surface area contributed by atoms with E-state index in [1.807, 2.05) is 0 Å². The van der Waals surface area contributed by atoms with Gasteiger partial charge in [-0.3, -0.25) is 0 Å². The van der Waals surface area contributed by atoms with E-state index in [4.69, 9.17) is 58.4 Å². The molecule has 348 valence electrons. The minimum absolute atomic E-state index is 0.0675. The molecule has 0 saturated carbocycles. The molecule has 0 bridgehead atoms. The topological polar surface area (TPSA) is 130 Å². The van der Waals surface area contributed by atoms with Crippen LogP contribution in [0.2, 0.25) is 0 Å². The predicted molar refractivity (Wildman–Crippen MR) is 254 cm³/mol. The van der Waals surface area contributed by atoms with E-state index in [1.54, 1.807) is 0 Å². The van der Waals surface area contributed by atoms with Crippen molar-refractivity contribution >= 4 is 35.4 Å². The summed E-state index contributed by atoms with van der Waals surface area (Å²) in [4.78, 5) is 31.4. The lowest BCUT2D eigenvalue weighted by Gasteiger charge is -2.31. The van der Waals surface area contributed by atoms with Crippen molar-refractivity contribution in [1.29, 1.82) is 0 Å². The summed E-state index contributed by atoms with van der Waals surface area (Å²) < 4.78 is 39.2. The van der Waals surface area contributed by atoms with Crippen molar-refractivity contribution in [2.45, 2.75) is 159 Å². The first-order chi connectivity index (χ1) is 29.7. The van der Waals surface area contributed by atoms with Gasteiger partial charge in [0.2, 0.25) is 0 Å². The fourth-order valence-electron chi connectivity index (χ4n) is 9.29. The molecule has 1 aromatic rings. The maximum Gasteiger partial charge on any atom is 0.199 e. The molecule has 0 amide bonds. The second kappa shape index (κ2) is 18.5. The van der Waals surface area contributed by atoms with Gasteiger partial charge in [0, 0.05) is 0 Å². The maximum absolute atomic E-state index is 6.54. The highest BCUT2D eigenvalue weighted by atomic mass is 16.5. The van der Waals surface area contributed by atoms with Gasteiger partial charge in [-0.15, -0.1) is 0 Å². The summed E-state index contributed by atoms with van der Waals surface area (Å²) in [5, 5.41) is 0. The molecule has 0 spiro atoms. The van der Waals surface area contributed by atoms with E-state index in [2.05, 4.69) is 122 Å². The molecule has 0 unspecified atom stereocenters. The molecule has 6 aliphatic heterocycles. The molecule has 0 radical (unpaired) electrons. The molecule has 0 aliphatic carbocycles. The van der Waals surface area contributed by atoms with Gasteiger partial charge in [0.05, 0.1) is 36.3 Å². The van der Waals surface area contributed by atoms with Gasteiger partial charge < -0.3 is 28.4 Å². The van der Waals surface area contributed by atoms with E-state index in [-0.39, 0.29) is 36.3 Å². The van der Waals surface area contributed by atoms with Crippen molar-refractivity contribution in [3.63, 3.8) is 0 Å². The van der Waals surface area contributed by atoms with Gasteiger partial charge in [-0.2, -0.15) is 0 Å². The van der Waals surface area contributed by atoms with Crippen LogP contribution in [0.3, 0.4) is 0 Å². The van der Waals surface area contributed by atoms with Crippen molar-refractivity contribution in [2.24, 2.45) is 81.7 Å². The van der Waals surface area contributed by atoms with Crippen LogP contribution in [0, 0.1) is 51.8 Å². The summed E-state index contributed by atoms with van der Waals surface area (Å²) in [7, 11) is 0. The smallest absolute Gasteiger partial charge is 0.199 e. The third-order valence-electron chi connectivity index (χ3n) is 14.3. The monoisotopic (exact) mass is 871 g/mol. The maximum atomic E-state index is 6.54. The third-order valence-corrected chi connectivity index (χ3v) is 14.3. The lowest BCUT2D eigenvalue weighted by atomic mass is 9.77. The van der Waals surface area contributed by atoms with E-state index >= 15 is 0 Å². The van der Waals surface area contributed by atoms with Gasteiger partial charge in [-0.05, 0) is 92.2 Å². The van der Waals surface area contributed by atoms with E-state index in [1.165, 1.54) is 0 Å². The number of aliphatic imine (C=N–C) groups is 6. The van der Waals surface area contributed by atoms with E-state index < -0.39 is 16.2 Å². The molecule has 0 saturated heterocycles. The highest BCUT2D eigenvalue weighted by Gasteiger charge is 2.50. The average molecular weight is 871 g/mol. The molecule has 6 atom stereocenters. The summed E-state index contributed by atoms with van der Waals surface area (Å²) in [6, 6.07) is 7.38. The summed E-state index contributed by atoms with van der Waals surface area (Å²) >= 11 is 0. The largest absolute Gasteiger partial charge is 0.478 e. The summed E-state index contributed by atoms with van der Waals surface area (Å²) in [6.45, 7) is 36.3. The quantitative estimate of drug-likeness (QED) is 0.145. The van der Waals surface area contributed by atoms with Crippen LogP contribution in [0.4, 0.5) is 0 Å². The molecule has 63 heavy (non-hydrogen) atoms. The van der Waals surface area contributed by atoms with Crippen molar-refractivity contribution in [3.8, 4) is 0 Å². The first-order valence-electron chi connectivity index (χ1n) is 24.1. The van der Waals surface area contributed by atoms with Crippen LogP contribution < -0.4 is 0 Å². The van der Waals surface area contributed by atoms with Crippen molar-refractivity contribution in [2.75, 3.05) is 39.6 Å². The third kappa shape index (κ3) is 9.71. The van der Waals surface area contributed by atoms with Gasteiger partial charge >= 0.3 is 0 Å². The molecule has 6 heterocycles. The second-order valence-corrected chi connectivity index (χ2v) is 22.0. The van der Waals surface area contributed by atoms with Crippen LogP contribution in [-0.4, -0.2) is 111 Å². The summed E-state index contributed by atoms with van der Waals surface area (Å²) in [6.07, 6.45) is 1.69. The van der Waals surface area contributed by atoms with Crippen LogP contribution in [0.25, 0.3) is 0 Å². The molecule has 12 nitrogen and oxygen atoms in total. The Morgan fingerprint density at radius 1 is 0.349 bits per heavy atom. The van der Waals surface area contributed by atoms with Crippen LogP contribution in [0.15, 0.2) is 48.2 Å². The van der Waals surface area contributed by atoms with Crippen LogP contribution >= 0.6 is 0 Å². The standard InChI is InChI=1S/C51H78N6O6/c1-28(2)37-22-58-43(52-37)49(13,44-53-38(23-59-44)29(3)4)19-34-16-35(20-50(14,45-54-39(24-60-45)30(5)6)46-55-40(25-61-46)31(7)8)18-36(17-34)21-51(15,47-56-41(26-62-47)32(9)10)48-57-42(27-63-48)33(11)12/h16-18,28-33,37-42H,19-27H2,1-15H3/t37-,38-,39-,40-,41-,42-/m1/s1. The van der Waals surface area contributed by atoms with Crippen molar-refractivity contribution in [3.05, 3.63) is 34.9 Å². The first-order valence-corrected chi connectivity index (χ1v) is 24.1. The number of hydrogen-bond donors (Lipinski definition) is 0. The average Bonchev–Trinajstić information content (AvgIpc) is 4.08. The van der Waals surface area contributed by atoms with Gasteiger partial charge in [-0.1, -0.05) is 101 Å². The Balaban J connectivity index is 1.38. The highest BCUT2D eigenvalue weighted by molar-refractivity contribution is 6.08. The molecule has 0 fully saturated rings. The molecule has 7 rings (SSSR count). The zero-order chi connectivity index (χ0) is 45.6. The number of benzene rings is 1. The number of hydrogen-bond acceptors (Lipinski definition) is 12. The van der Waals surface area contributed by atoms with Crippen LogP contribution in [0.5, 0.6) is 0 Å². The van der Waals surface area contributed by atoms with Gasteiger partial charge in [0.1, 0.15) is 55.9 Å². The molecule has 6 aliphatic rings. The Bertz CT molecular complexity index is 1670. The normalized spacial score (nSPS) is 26.4. The Kier molecular flexibility index (Phi) is 13.8. The number of rotatable bonds is 18. The van der Waals surface area contributed by atoms with E-state index in [9.17, 15) is 0 Å². The van der Waals surface area contributed by atoms with Crippen molar-refractivity contribution < 1.29 is 28.4 Å². The second-order valence-electron chi connectivity index (χ2n) is 22.0. The minimum Gasteiger partial charge on any atom is -0.478 e. The Labute approximate surface area is 378 Å². The summed E-state index contributed by atoms with van der Waals surface area (Å²) in [5.41, 5.74) is 1.11. The number of ether oxygens (including phenoxy) is 6. The fourth-order valence-corrected chi connectivity index (χ4v) is 9.29. The number of nitrogens with zero attached hydrogens (tertiary/aromatic N) is 6. The minimum atomic E-state index is -0.742. The SMILES string of the molecule is CC(C)[C@H]1COC(C(C)(Cc2cc(CC(C)(C3=N[C@@H](C(C)C)CO3)C3=N[C@@H](C(C)C)CO3)cc(CC(C)(C3=N[C@@H](C(C)C)CO3)C3=N[C@@H](C(C)C)CO3)c2)C2=N[C@@H](C(C)C)CO2)=N1. The Morgan fingerprint density at radius 3 is 0.635 bits per heavy atom. The Hall–Kier alpha value is -3.96. The molecule has 1 aromatic carbocycles. The van der Waals surface area contributed by atoms with Gasteiger partial charge in [0.15, 0.2) is 35.4 Å². The first kappa shape index (κ1) is 47.0. The molecule has 0 N–H and O–H groups in total. The zero-order valence-corrected chi connectivity index (χ0v) is 41.2. The van der Waals surface area contributed by atoms with Crippen LogP contribution in [-0.2, 0) is 47.7 Å². The lowest BCUT2D eigenvalue weighted by molar-refractivity contribution is 0.242. The van der Waals surface area contributed by atoms with Crippen molar-refractivity contribution in [1.82, 2.24) is 0 Å². The molecule has 12 heteroatoms. The molecule has 0 aromatic heterocycles. The fraction of sp³-hybridized carbons (Fsp3) is 0.765. The molecular formula is C51H78N6O6. The van der Waals surface area contributed by atoms with Crippen LogP contribution in [0.1, 0.15) is 121 Å². The molecular weight excluding hydrogens is 793 g/mol. The van der Waals surface area contributed by atoms with E-state index in [0.29, 0.717) is 130 Å². The Morgan fingerprint density at radius 2 is 0.508 bits per heavy atom. The predicted octanol–water partition coefficient (Wildman–Crippen LogP) is 9.05. The van der Waals surface area contributed by atoms with E-state index in [0.717, 1.165) is 16.7 Å².